The van der Waals surface area contributed by atoms with Gasteiger partial charge in [-0.2, -0.15) is 0 Å². The Balaban J connectivity index is 1.59. The summed E-state index contributed by atoms with van der Waals surface area (Å²) in [5, 5.41) is 6.42. The number of imide groups is 1. The summed E-state index contributed by atoms with van der Waals surface area (Å²) in [6.07, 6.45) is 4.72. The van der Waals surface area contributed by atoms with Crippen LogP contribution in [0.4, 0.5) is 0 Å². The van der Waals surface area contributed by atoms with Gasteiger partial charge in [0.25, 0.3) is 0 Å². The van der Waals surface area contributed by atoms with Crippen molar-refractivity contribution in [1.29, 1.82) is 0 Å². The normalized spacial score (nSPS) is 15.0. The number of rotatable bonds is 9. The number of nitrogens with one attached hydrogen (secondary N) is 2. The molecular weight excluding hydrogens is 344 g/mol. The van der Waals surface area contributed by atoms with Crippen LogP contribution in [0.1, 0.15) is 37.7 Å². The minimum atomic E-state index is -0.0745. The highest BCUT2D eigenvalue weighted by Crippen LogP contribution is 2.13. The van der Waals surface area contributed by atoms with E-state index in [1.807, 2.05) is 12.1 Å². The SMILES string of the molecule is CN=C(NCCCCc1ccc(OC)cc1)NCCN1C(=O)CCCC1=O. The third kappa shape index (κ3) is 6.92. The Hall–Kier alpha value is -2.57. The summed E-state index contributed by atoms with van der Waals surface area (Å²) in [7, 11) is 3.38. The first-order chi connectivity index (χ1) is 13.1. The Morgan fingerprint density at radius 2 is 1.74 bits per heavy atom. The Morgan fingerprint density at radius 3 is 2.37 bits per heavy atom. The van der Waals surface area contributed by atoms with Gasteiger partial charge in [-0.3, -0.25) is 19.5 Å². The van der Waals surface area contributed by atoms with Crippen molar-refractivity contribution in [3.8, 4) is 5.75 Å². The van der Waals surface area contributed by atoms with Crippen molar-refractivity contribution in [3.63, 3.8) is 0 Å². The predicted octanol–water partition coefficient (Wildman–Crippen LogP) is 1.72. The van der Waals surface area contributed by atoms with Gasteiger partial charge in [0.15, 0.2) is 5.96 Å². The highest BCUT2D eigenvalue weighted by Gasteiger charge is 2.25. The van der Waals surface area contributed by atoms with Gasteiger partial charge in [0.1, 0.15) is 5.75 Å². The molecule has 1 heterocycles. The molecule has 7 nitrogen and oxygen atoms in total. The molecule has 1 fully saturated rings. The van der Waals surface area contributed by atoms with Gasteiger partial charge in [0, 0.05) is 39.5 Å². The summed E-state index contributed by atoms with van der Waals surface area (Å²) < 4.78 is 5.16. The standard InChI is InChI=1S/C20H30N4O3/c1-21-20(23-14-15-24-18(25)7-5-8-19(24)26)22-13-4-3-6-16-9-11-17(27-2)12-10-16/h9-12H,3-8,13-15H2,1-2H3,(H2,21,22,23). The molecular formula is C20H30N4O3. The van der Waals surface area contributed by atoms with E-state index in [4.69, 9.17) is 4.74 Å². The van der Waals surface area contributed by atoms with Crippen molar-refractivity contribution >= 4 is 17.8 Å². The second-order valence-electron chi connectivity index (χ2n) is 6.52. The van der Waals surface area contributed by atoms with E-state index < -0.39 is 0 Å². The number of carbonyl (C=O) groups is 2. The first-order valence-electron chi connectivity index (χ1n) is 9.54. The van der Waals surface area contributed by atoms with Gasteiger partial charge < -0.3 is 15.4 Å². The Bertz CT molecular complexity index is 627. The number of unbranched alkanes of at least 4 members (excludes halogenated alkanes) is 1. The summed E-state index contributed by atoms with van der Waals surface area (Å²) in [4.78, 5) is 29.1. The fraction of sp³-hybridized carbons (Fsp3) is 0.550. The summed E-state index contributed by atoms with van der Waals surface area (Å²) in [6.45, 7) is 1.70. The number of piperidine rings is 1. The van der Waals surface area contributed by atoms with E-state index in [2.05, 4.69) is 27.8 Å². The maximum absolute atomic E-state index is 11.8. The Kier molecular flexibility index (Phi) is 8.61. The van der Waals surface area contributed by atoms with Crippen LogP contribution in [0.2, 0.25) is 0 Å². The van der Waals surface area contributed by atoms with Crippen LogP contribution >= 0.6 is 0 Å². The number of hydrogen-bond donors (Lipinski definition) is 2. The second kappa shape index (κ2) is 11.2. The smallest absolute Gasteiger partial charge is 0.229 e. The molecule has 7 heteroatoms. The van der Waals surface area contributed by atoms with Gasteiger partial charge in [-0.25, -0.2) is 0 Å². The van der Waals surface area contributed by atoms with Gasteiger partial charge in [-0.15, -0.1) is 0 Å². The van der Waals surface area contributed by atoms with E-state index in [1.165, 1.54) is 10.5 Å². The zero-order valence-electron chi connectivity index (χ0n) is 16.3. The summed E-state index contributed by atoms with van der Waals surface area (Å²) in [6, 6.07) is 8.15. The molecule has 148 valence electrons. The van der Waals surface area contributed by atoms with E-state index in [0.717, 1.165) is 31.6 Å². The minimum absolute atomic E-state index is 0.0745. The van der Waals surface area contributed by atoms with Crippen LogP contribution in [0, 0.1) is 0 Å². The summed E-state index contributed by atoms with van der Waals surface area (Å²) in [5.41, 5.74) is 1.30. The molecule has 0 bridgehead atoms. The molecule has 1 saturated heterocycles. The van der Waals surface area contributed by atoms with Crippen molar-refractivity contribution in [3.05, 3.63) is 29.8 Å². The molecule has 27 heavy (non-hydrogen) atoms. The van der Waals surface area contributed by atoms with Crippen LogP contribution in [0.3, 0.4) is 0 Å². The van der Waals surface area contributed by atoms with Crippen molar-refractivity contribution in [2.45, 2.75) is 38.5 Å². The largest absolute Gasteiger partial charge is 0.497 e. The lowest BCUT2D eigenvalue weighted by Gasteiger charge is -2.25. The number of hydrogen-bond acceptors (Lipinski definition) is 4. The fourth-order valence-electron chi connectivity index (χ4n) is 3.01. The van der Waals surface area contributed by atoms with Gasteiger partial charge in [0.2, 0.25) is 11.8 Å². The van der Waals surface area contributed by atoms with Crippen molar-refractivity contribution in [2.75, 3.05) is 33.8 Å². The number of methoxy groups -OCH3 is 1. The number of aliphatic imine (C=N–C) groups is 1. The fourth-order valence-corrected chi connectivity index (χ4v) is 3.01. The van der Waals surface area contributed by atoms with Crippen molar-refractivity contribution < 1.29 is 14.3 Å². The molecule has 2 amide bonds. The van der Waals surface area contributed by atoms with Crippen molar-refractivity contribution in [2.24, 2.45) is 4.99 Å². The lowest BCUT2D eigenvalue weighted by molar-refractivity contribution is -0.147. The number of ether oxygens (including phenoxy) is 1. The summed E-state index contributed by atoms with van der Waals surface area (Å²) in [5.74, 6) is 1.42. The van der Waals surface area contributed by atoms with Crippen LogP contribution in [0.15, 0.2) is 29.3 Å². The number of guanidine groups is 1. The molecule has 1 aromatic rings. The molecule has 0 saturated carbocycles. The first kappa shape index (κ1) is 20.7. The summed E-state index contributed by atoms with van der Waals surface area (Å²) >= 11 is 0. The molecule has 0 spiro atoms. The molecule has 0 aromatic heterocycles. The van der Waals surface area contributed by atoms with Gasteiger partial charge in [0.05, 0.1) is 7.11 Å². The number of likely N-dealkylation sites (tertiary alicyclic amines) is 1. The maximum atomic E-state index is 11.8. The van der Waals surface area contributed by atoms with Gasteiger partial charge in [-0.1, -0.05) is 12.1 Å². The Labute approximate surface area is 161 Å². The topological polar surface area (TPSA) is 83.0 Å². The van der Waals surface area contributed by atoms with E-state index in [9.17, 15) is 9.59 Å². The van der Waals surface area contributed by atoms with Gasteiger partial charge in [-0.05, 0) is 43.4 Å². The van der Waals surface area contributed by atoms with Crippen LogP contribution in [-0.2, 0) is 16.0 Å². The molecule has 0 unspecified atom stereocenters. The van der Waals surface area contributed by atoms with Crippen molar-refractivity contribution in [1.82, 2.24) is 15.5 Å². The Morgan fingerprint density at radius 1 is 1.07 bits per heavy atom. The molecule has 1 aliphatic heterocycles. The van der Waals surface area contributed by atoms with E-state index >= 15 is 0 Å². The van der Waals surface area contributed by atoms with Crippen LogP contribution in [-0.4, -0.2) is 56.5 Å². The van der Waals surface area contributed by atoms with Gasteiger partial charge >= 0.3 is 0 Å². The highest BCUT2D eigenvalue weighted by atomic mass is 16.5. The zero-order valence-corrected chi connectivity index (χ0v) is 16.3. The predicted molar refractivity (Wildman–Crippen MR) is 106 cm³/mol. The number of benzene rings is 1. The average molecular weight is 374 g/mol. The van der Waals surface area contributed by atoms with E-state index in [1.54, 1.807) is 14.2 Å². The van der Waals surface area contributed by atoms with Crippen LogP contribution in [0.5, 0.6) is 5.75 Å². The molecule has 2 rings (SSSR count). The monoisotopic (exact) mass is 374 g/mol. The van der Waals surface area contributed by atoms with Crippen LogP contribution < -0.4 is 15.4 Å². The molecule has 0 atom stereocenters. The quantitative estimate of drug-likeness (QED) is 0.298. The molecule has 2 N–H and O–H groups in total. The molecule has 0 aliphatic carbocycles. The maximum Gasteiger partial charge on any atom is 0.229 e. The number of carbonyl (C=O) groups excluding carboxylic acids is 2. The number of aryl methyl sites for hydroxylation is 1. The average Bonchev–Trinajstić information content (AvgIpc) is 2.69. The molecule has 1 aliphatic rings. The minimum Gasteiger partial charge on any atom is -0.497 e. The third-order valence-electron chi connectivity index (χ3n) is 4.58. The number of nitrogens with zero attached hydrogens (tertiary/aromatic N) is 2. The lowest BCUT2D eigenvalue weighted by Crippen LogP contribution is -2.46. The number of amides is 2. The zero-order chi connectivity index (χ0) is 19.5. The van der Waals surface area contributed by atoms with E-state index in [-0.39, 0.29) is 11.8 Å². The highest BCUT2D eigenvalue weighted by molar-refractivity contribution is 5.97. The van der Waals surface area contributed by atoms with E-state index in [0.29, 0.717) is 38.3 Å². The third-order valence-corrected chi connectivity index (χ3v) is 4.58. The first-order valence-corrected chi connectivity index (χ1v) is 9.54. The molecule has 0 radical (unpaired) electrons. The molecule has 1 aromatic carbocycles. The second-order valence-corrected chi connectivity index (χ2v) is 6.52. The lowest BCUT2D eigenvalue weighted by atomic mass is 10.1. The van der Waals surface area contributed by atoms with Crippen LogP contribution in [0.25, 0.3) is 0 Å².